The highest BCUT2D eigenvalue weighted by molar-refractivity contribution is 7.90. The molecule has 184 valence electrons. The normalized spacial score (nSPS) is 21.5. The lowest BCUT2D eigenvalue weighted by Crippen LogP contribution is -2.54. The van der Waals surface area contributed by atoms with Crippen LogP contribution in [0.25, 0.3) is 0 Å². The number of aromatic nitrogens is 2. The fraction of sp³-hybridized carbons (Fsp3) is 0.583. The lowest BCUT2D eigenvalue weighted by molar-refractivity contribution is 0.313. The fourth-order valence-corrected chi connectivity index (χ4v) is 6.49. The zero-order valence-corrected chi connectivity index (χ0v) is 20.9. The van der Waals surface area contributed by atoms with Gasteiger partial charge in [0.25, 0.3) is 0 Å². The van der Waals surface area contributed by atoms with Crippen LogP contribution in [0.15, 0.2) is 36.5 Å². The molecule has 2 saturated heterocycles. The average molecular weight is 486 g/mol. The van der Waals surface area contributed by atoms with E-state index in [0.29, 0.717) is 5.95 Å². The zero-order chi connectivity index (χ0) is 23.8. The summed E-state index contributed by atoms with van der Waals surface area (Å²) in [5.41, 5.74) is 1.80. The number of hydrogen-bond acceptors (Lipinski definition) is 8. The van der Waals surface area contributed by atoms with Gasteiger partial charge in [-0.15, -0.1) is 0 Å². The van der Waals surface area contributed by atoms with Crippen LogP contribution in [0, 0.1) is 0 Å². The maximum atomic E-state index is 12.4. The number of anilines is 4. The summed E-state index contributed by atoms with van der Waals surface area (Å²) < 4.78 is 27.8. The molecule has 0 atom stereocenters. The second kappa shape index (κ2) is 9.31. The van der Waals surface area contributed by atoms with Crippen molar-refractivity contribution >= 4 is 33.2 Å². The second-order valence-corrected chi connectivity index (χ2v) is 12.1. The minimum absolute atomic E-state index is 0.187. The standard InChI is InChI=1S/C24H35N7O2S/c1-24(28-34(32,33)21-7-8-21)10-13-31(14-11-24)22-9-12-25-23(27-22)26-19-3-5-20(6-4-19)30-17-15-29(2)16-18-30/h3-6,9,12,21,28H,7-8,10-11,13-18H2,1-2H3,(H,25,26,27). The van der Waals surface area contributed by atoms with Crippen LogP contribution < -0.4 is 19.8 Å². The monoisotopic (exact) mass is 485 g/mol. The molecule has 2 N–H and O–H groups in total. The SMILES string of the molecule is CN1CCN(c2ccc(Nc3nccc(N4CCC(C)(NS(=O)(=O)C5CC5)CC4)n3)cc2)CC1. The van der Waals surface area contributed by atoms with Crippen LogP contribution in [-0.4, -0.2) is 80.4 Å². The molecule has 0 radical (unpaired) electrons. The highest BCUT2D eigenvalue weighted by Crippen LogP contribution is 2.32. The maximum absolute atomic E-state index is 12.4. The summed E-state index contributed by atoms with van der Waals surface area (Å²) in [6, 6.07) is 10.3. The molecule has 1 aliphatic carbocycles. The van der Waals surface area contributed by atoms with E-state index in [-0.39, 0.29) is 5.25 Å². The van der Waals surface area contributed by atoms with Crippen molar-refractivity contribution in [3.8, 4) is 0 Å². The molecule has 2 aliphatic heterocycles. The summed E-state index contributed by atoms with van der Waals surface area (Å²) in [7, 11) is -1.03. The smallest absolute Gasteiger partial charge is 0.229 e. The molecule has 1 aromatic heterocycles. The van der Waals surface area contributed by atoms with Crippen molar-refractivity contribution in [3.63, 3.8) is 0 Å². The van der Waals surface area contributed by atoms with Gasteiger partial charge in [0.15, 0.2) is 0 Å². The first-order chi connectivity index (χ1) is 16.3. The van der Waals surface area contributed by atoms with Crippen molar-refractivity contribution in [2.45, 2.75) is 43.4 Å². The topological polar surface area (TPSA) is 93.7 Å². The van der Waals surface area contributed by atoms with E-state index in [2.05, 4.69) is 61.0 Å². The molecule has 1 aromatic carbocycles. The Bertz CT molecular complexity index is 1090. The van der Waals surface area contributed by atoms with Crippen LogP contribution in [0.1, 0.15) is 32.6 Å². The van der Waals surface area contributed by atoms with Crippen LogP contribution >= 0.6 is 0 Å². The van der Waals surface area contributed by atoms with Gasteiger partial charge in [-0.1, -0.05) is 0 Å². The molecule has 3 aliphatic rings. The third-order valence-electron chi connectivity index (χ3n) is 7.18. The first-order valence-corrected chi connectivity index (χ1v) is 13.8. The third-order valence-corrected chi connectivity index (χ3v) is 9.30. The van der Waals surface area contributed by atoms with Crippen LogP contribution in [0.5, 0.6) is 0 Å². The molecule has 0 amide bonds. The Morgan fingerprint density at radius 1 is 0.941 bits per heavy atom. The van der Waals surface area contributed by atoms with Gasteiger partial charge in [0.05, 0.1) is 5.25 Å². The van der Waals surface area contributed by atoms with E-state index in [1.165, 1.54) is 5.69 Å². The van der Waals surface area contributed by atoms with E-state index in [1.807, 2.05) is 13.0 Å². The number of hydrogen-bond donors (Lipinski definition) is 2. The Kier molecular flexibility index (Phi) is 6.39. The number of benzene rings is 1. The molecule has 5 rings (SSSR count). The summed E-state index contributed by atoms with van der Waals surface area (Å²) in [5, 5.41) is 3.13. The second-order valence-electron chi connectivity index (χ2n) is 10.1. The summed E-state index contributed by atoms with van der Waals surface area (Å²) in [4.78, 5) is 16.1. The third kappa shape index (κ3) is 5.45. The molecule has 0 bridgehead atoms. The predicted molar refractivity (Wildman–Crippen MR) is 136 cm³/mol. The van der Waals surface area contributed by atoms with Gasteiger partial charge in [0, 0.05) is 62.4 Å². The Hall–Kier alpha value is -2.43. The molecule has 9 nitrogen and oxygen atoms in total. The van der Waals surface area contributed by atoms with E-state index in [9.17, 15) is 8.42 Å². The number of piperazine rings is 1. The average Bonchev–Trinajstić information content (AvgIpc) is 3.67. The van der Waals surface area contributed by atoms with Gasteiger partial charge in [-0.2, -0.15) is 4.98 Å². The van der Waals surface area contributed by atoms with Crippen molar-refractivity contribution in [1.82, 2.24) is 19.6 Å². The highest BCUT2D eigenvalue weighted by atomic mass is 32.2. The highest BCUT2D eigenvalue weighted by Gasteiger charge is 2.41. The fourth-order valence-electron chi connectivity index (χ4n) is 4.67. The zero-order valence-electron chi connectivity index (χ0n) is 20.1. The Morgan fingerprint density at radius 2 is 1.62 bits per heavy atom. The van der Waals surface area contributed by atoms with E-state index < -0.39 is 15.6 Å². The molecular formula is C24H35N7O2S. The van der Waals surface area contributed by atoms with E-state index in [4.69, 9.17) is 4.98 Å². The largest absolute Gasteiger partial charge is 0.369 e. The first-order valence-electron chi connectivity index (χ1n) is 12.2. The van der Waals surface area contributed by atoms with Crippen molar-refractivity contribution in [3.05, 3.63) is 36.5 Å². The Morgan fingerprint density at radius 3 is 2.26 bits per heavy atom. The van der Waals surface area contributed by atoms with Crippen LogP contribution in [-0.2, 0) is 10.0 Å². The molecule has 0 unspecified atom stereocenters. The maximum Gasteiger partial charge on any atom is 0.229 e. The summed E-state index contributed by atoms with van der Waals surface area (Å²) in [6.45, 7) is 7.78. The van der Waals surface area contributed by atoms with Crippen molar-refractivity contribution in [2.24, 2.45) is 0 Å². The van der Waals surface area contributed by atoms with Gasteiger partial charge in [-0.3, -0.25) is 0 Å². The first kappa shape index (κ1) is 23.3. The summed E-state index contributed by atoms with van der Waals surface area (Å²) in [6.07, 6.45) is 4.84. The number of nitrogens with zero attached hydrogens (tertiary/aromatic N) is 5. The number of nitrogens with one attached hydrogen (secondary N) is 2. The molecule has 3 heterocycles. The lowest BCUT2D eigenvalue weighted by atomic mass is 9.91. The lowest BCUT2D eigenvalue weighted by Gasteiger charge is -2.40. The quantitative estimate of drug-likeness (QED) is 0.618. The van der Waals surface area contributed by atoms with Crippen LogP contribution in [0.3, 0.4) is 0 Å². The molecule has 3 fully saturated rings. The summed E-state index contributed by atoms with van der Waals surface area (Å²) >= 11 is 0. The number of rotatable bonds is 7. The molecular weight excluding hydrogens is 450 g/mol. The van der Waals surface area contributed by atoms with Crippen LogP contribution in [0.4, 0.5) is 23.1 Å². The minimum Gasteiger partial charge on any atom is -0.369 e. The van der Waals surface area contributed by atoms with Gasteiger partial charge in [-0.05, 0) is 70.0 Å². The van der Waals surface area contributed by atoms with Crippen molar-refractivity contribution in [1.29, 1.82) is 0 Å². The molecule has 10 heteroatoms. The van der Waals surface area contributed by atoms with Gasteiger partial charge < -0.3 is 20.0 Å². The molecule has 0 spiro atoms. The summed E-state index contributed by atoms with van der Waals surface area (Å²) in [5.74, 6) is 1.42. The number of sulfonamides is 1. The van der Waals surface area contributed by atoms with Crippen molar-refractivity contribution < 1.29 is 8.42 Å². The molecule has 1 saturated carbocycles. The van der Waals surface area contributed by atoms with Gasteiger partial charge in [0.1, 0.15) is 5.82 Å². The van der Waals surface area contributed by atoms with E-state index in [0.717, 1.165) is 76.5 Å². The van der Waals surface area contributed by atoms with E-state index >= 15 is 0 Å². The Labute approximate surface area is 202 Å². The van der Waals surface area contributed by atoms with E-state index in [1.54, 1.807) is 6.20 Å². The Balaban J connectivity index is 1.18. The number of piperidine rings is 1. The molecule has 34 heavy (non-hydrogen) atoms. The van der Waals surface area contributed by atoms with Gasteiger partial charge in [-0.25, -0.2) is 18.1 Å². The van der Waals surface area contributed by atoms with Crippen LogP contribution in [0.2, 0.25) is 0 Å². The molecule has 2 aromatic rings. The van der Waals surface area contributed by atoms with Crippen molar-refractivity contribution in [2.75, 3.05) is 61.4 Å². The minimum atomic E-state index is -3.19. The number of likely N-dealkylation sites (N-methyl/N-ethyl adjacent to an activating group) is 1. The van der Waals surface area contributed by atoms with Gasteiger partial charge >= 0.3 is 0 Å². The predicted octanol–water partition coefficient (Wildman–Crippen LogP) is 2.41. The van der Waals surface area contributed by atoms with Gasteiger partial charge in [0.2, 0.25) is 16.0 Å².